The van der Waals surface area contributed by atoms with E-state index in [2.05, 4.69) is 4.72 Å². The van der Waals surface area contributed by atoms with Crippen LogP contribution in [0.2, 0.25) is 0 Å². The van der Waals surface area contributed by atoms with Crippen LogP contribution < -0.4 is 10.5 Å². The number of hydrogen-bond donors (Lipinski definition) is 2. The van der Waals surface area contributed by atoms with Gasteiger partial charge in [-0.3, -0.25) is 0 Å². The predicted octanol–water partition coefficient (Wildman–Crippen LogP) is 1.97. The van der Waals surface area contributed by atoms with Crippen molar-refractivity contribution in [3.05, 3.63) is 18.0 Å². The van der Waals surface area contributed by atoms with Crippen molar-refractivity contribution in [2.24, 2.45) is 5.73 Å². The van der Waals surface area contributed by atoms with Crippen molar-refractivity contribution in [1.82, 2.24) is 9.29 Å². The predicted molar refractivity (Wildman–Crippen MR) is 79.8 cm³/mol. The SMILES string of the molecule is CCn1cc(S(=O)(=O)NC2(C)CCCCC2)cc1CN. The quantitative estimate of drug-likeness (QED) is 0.872. The largest absolute Gasteiger partial charge is 0.349 e. The zero-order chi connectivity index (χ0) is 14.8. The number of nitrogens with one attached hydrogen (secondary N) is 1. The summed E-state index contributed by atoms with van der Waals surface area (Å²) in [4.78, 5) is 0.326. The third kappa shape index (κ3) is 3.24. The summed E-state index contributed by atoms with van der Waals surface area (Å²) in [5.74, 6) is 0. The Bertz CT molecular complexity index is 535. The molecule has 1 aliphatic rings. The molecular weight excluding hydrogens is 274 g/mol. The Morgan fingerprint density at radius 2 is 2.00 bits per heavy atom. The van der Waals surface area contributed by atoms with Crippen LogP contribution in [0.3, 0.4) is 0 Å². The lowest BCUT2D eigenvalue weighted by molar-refractivity contribution is 0.294. The topological polar surface area (TPSA) is 77.1 Å². The highest BCUT2D eigenvalue weighted by molar-refractivity contribution is 7.89. The van der Waals surface area contributed by atoms with Crippen molar-refractivity contribution in [3.63, 3.8) is 0 Å². The smallest absolute Gasteiger partial charge is 0.242 e. The van der Waals surface area contributed by atoms with Gasteiger partial charge in [-0.05, 0) is 32.8 Å². The minimum atomic E-state index is -3.47. The molecule has 1 aromatic heterocycles. The molecular formula is C14H25N3O2S. The van der Waals surface area contributed by atoms with Crippen LogP contribution in [0.4, 0.5) is 0 Å². The molecule has 2 rings (SSSR count). The summed E-state index contributed by atoms with van der Waals surface area (Å²) < 4.78 is 29.9. The van der Waals surface area contributed by atoms with Gasteiger partial charge in [-0.25, -0.2) is 13.1 Å². The fraction of sp³-hybridized carbons (Fsp3) is 0.714. The molecule has 1 saturated carbocycles. The zero-order valence-corrected chi connectivity index (χ0v) is 13.2. The molecule has 0 aromatic carbocycles. The van der Waals surface area contributed by atoms with E-state index in [9.17, 15) is 8.42 Å². The Morgan fingerprint density at radius 1 is 1.35 bits per heavy atom. The second kappa shape index (κ2) is 5.87. The van der Waals surface area contributed by atoms with Gasteiger partial charge in [-0.2, -0.15) is 0 Å². The highest BCUT2D eigenvalue weighted by atomic mass is 32.2. The average Bonchev–Trinajstić information content (AvgIpc) is 2.82. The second-order valence-electron chi connectivity index (χ2n) is 5.88. The first kappa shape index (κ1) is 15.5. The lowest BCUT2D eigenvalue weighted by Crippen LogP contribution is -2.46. The summed E-state index contributed by atoms with van der Waals surface area (Å²) in [6, 6.07) is 1.68. The van der Waals surface area contributed by atoms with Crippen LogP contribution in [0.1, 0.15) is 51.6 Å². The van der Waals surface area contributed by atoms with Gasteiger partial charge in [-0.15, -0.1) is 0 Å². The van der Waals surface area contributed by atoms with Gasteiger partial charge in [-0.1, -0.05) is 19.3 Å². The summed E-state index contributed by atoms with van der Waals surface area (Å²) in [6.07, 6.45) is 6.86. The van der Waals surface area contributed by atoms with Crippen LogP contribution in [0, 0.1) is 0 Å². The van der Waals surface area contributed by atoms with Gasteiger partial charge in [0.15, 0.2) is 0 Å². The van der Waals surface area contributed by atoms with E-state index in [1.807, 2.05) is 18.4 Å². The molecule has 20 heavy (non-hydrogen) atoms. The molecule has 5 nitrogen and oxygen atoms in total. The minimum absolute atomic E-state index is 0.311. The van der Waals surface area contributed by atoms with Crippen molar-refractivity contribution in [2.45, 2.75) is 69.5 Å². The van der Waals surface area contributed by atoms with Crippen molar-refractivity contribution in [2.75, 3.05) is 0 Å². The average molecular weight is 299 g/mol. The van der Waals surface area contributed by atoms with E-state index in [0.717, 1.165) is 37.9 Å². The van der Waals surface area contributed by atoms with E-state index in [1.54, 1.807) is 12.3 Å². The number of aromatic nitrogens is 1. The minimum Gasteiger partial charge on any atom is -0.349 e. The van der Waals surface area contributed by atoms with Crippen molar-refractivity contribution in [1.29, 1.82) is 0 Å². The number of nitrogens with zero attached hydrogens (tertiary/aromatic N) is 1. The standard InChI is InChI=1S/C14H25N3O2S/c1-3-17-11-13(9-12(17)10-15)20(18,19)16-14(2)7-5-4-6-8-14/h9,11,16H,3-8,10,15H2,1-2H3. The monoisotopic (exact) mass is 299 g/mol. The van der Waals surface area contributed by atoms with Crippen LogP contribution in [0.15, 0.2) is 17.2 Å². The van der Waals surface area contributed by atoms with Gasteiger partial charge in [0.05, 0.1) is 4.90 Å². The highest BCUT2D eigenvalue weighted by Crippen LogP contribution is 2.29. The number of rotatable bonds is 5. The Morgan fingerprint density at radius 3 is 2.50 bits per heavy atom. The molecule has 0 atom stereocenters. The van der Waals surface area contributed by atoms with E-state index in [4.69, 9.17) is 5.73 Å². The van der Waals surface area contributed by atoms with Crippen LogP contribution in [0.25, 0.3) is 0 Å². The van der Waals surface area contributed by atoms with Crippen LogP contribution in [0.5, 0.6) is 0 Å². The molecule has 0 unspecified atom stereocenters. The first-order valence-electron chi connectivity index (χ1n) is 7.33. The van der Waals surface area contributed by atoms with Crippen LogP contribution in [-0.2, 0) is 23.1 Å². The van der Waals surface area contributed by atoms with E-state index in [-0.39, 0.29) is 5.54 Å². The molecule has 0 spiro atoms. The summed E-state index contributed by atoms with van der Waals surface area (Å²) in [7, 11) is -3.47. The molecule has 0 bridgehead atoms. The van der Waals surface area contributed by atoms with Crippen LogP contribution >= 0.6 is 0 Å². The molecule has 0 radical (unpaired) electrons. The number of nitrogens with two attached hydrogens (primary N) is 1. The van der Waals surface area contributed by atoms with E-state index < -0.39 is 10.0 Å². The van der Waals surface area contributed by atoms with Crippen LogP contribution in [-0.4, -0.2) is 18.5 Å². The molecule has 3 N–H and O–H groups in total. The third-order valence-electron chi connectivity index (χ3n) is 4.16. The van der Waals surface area contributed by atoms with Crippen molar-refractivity contribution in [3.8, 4) is 0 Å². The van der Waals surface area contributed by atoms with Crippen molar-refractivity contribution < 1.29 is 8.42 Å². The molecule has 1 fully saturated rings. The molecule has 0 amide bonds. The Labute approximate surface area is 121 Å². The molecule has 1 heterocycles. The first-order valence-corrected chi connectivity index (χ1v) is 8.81. The summed E-state index contributed by atoms with van der Waals surface area (Å²) in [5.41, 5.74) is 6.19. The number of hydrogen-bond acceptors (Lipinski definition) is 3. The molecule has 0 aliphatic heterocycles. The van der Waals surface area contributed by atoms with Gasteiger partial charge >= 0.3 is 0 Å². The Kier molecular flexibility index (Phi) is 4.56. The maximum absolute atomic E-state index is 12.5. The van der Waals surface area contributed by atoms with Gasteiger partial charge in [0.25, 0.3) is 0 Å². The number of sulfonamides is 1. The fourth-order valence-corrected chi connectivity index (χ4v) is 4.48. The fourth-order valence-electron chi connectivity index (χ4n) is 2.96. The molecule has 1 aliphatic carbocycles. The zero-order valence-electron chi connectivity index (χ0n) is 12.4. The summed E-state index contributed by atoms with van der Waals surface area (Å²) >= 11 is 0. The number of aryl methyl sites for hydroxylation is 1. The van der Waals surface area contributed by atoms with Crippen molar-refractivity contribution >= 4 is 10.0 Å². The summed E-state index contributed by atoms with van der Waals surface area (Å²) in [5, 5.41) is 0. The van der Waals surface area contributed by atoms with E-state index in [0.29, 0.717) is 11.4 Å². The molecule has 1 aromatic rings. The van der Waals surface area contributed by atoms with Gasteiger partial charge in [0, 0.05) is 30.5 Å². The molecule has 114 valence electrons. The third-order valence-corrected chi connectivity index (χ3v) is 5.76. The summed E-state index contributed by atoms with van der Waals surface area (Å²) in [6.45, 7) is 5.05. The Balaban J connectivity index is 2.23. The normalized spacial score (nSPS) is 19.1. The molecule has 0 saturated heterocycles. The lowest BCUT2D eigenvalue weighted by Gasteiger charge is -2.33. The Hall–Kier alpha value is -0.850. The van der Waals surface area contributed by atoms with E-state index >= 15 is 0 Å². The maximum atomic E-state index is 12.5. The maximum Gasteiger partial charge on any atom is 0.242 e. The lowest BCUT2D eigenvalue weighted by atomic mass is 9.84. The molecule has 6 heteroatoms. The second-order valence-corrected chi connectivity index (χ2v) is 7.57. The van der Waals surface area contributed by atoms with Gasteiger partial charge < -0.3 is 10.3 Å². The highest BCUT2D eigenvalue weighted by Gasteiger charge is 2.32. The van der Waals surface area contributed by atoms with Gasteiger partial charge in [0.2, 0.25) is 10.0 Å². The first-order chi connectivity index (χ1) is 9.40. The van der Waals surface area contributed by atoms with E-state index in [1.165, 1.54) is 6.42 Å². The van der Waals surface area contributed by atoms with Gasteiger partial charge in [0.1, 0.15) is 0 Å².